The van der Waals surface area contributed by atoms with E-state index in [4.69, 9.17) is 0 Å². The molecule has 2 nitrogen and oxygen atoms in total. The molecular weight excluding hydrogens is 432 g/mol. The molecule has 0 fully saturated rings. The van der Waals surface area contributed by atoms with Crippen molar-refractivity contribution in [3.63, 3.8) is 0 Å². The van der Waals surface area contributed by atoms with E-state index in [2.05, 4.69) is 65.4 Å². The van der Waals surface area contributed by atoms with Gasteiger partial charge in [0.1, 0.15) is 0 Å². The van der Waals surface area contributed by atoms with E-state index < -0.39 is 25.7 Å². The van der Waals surface area contributed by atoms with Gasteiger partial charge in [-0.1, -0.05) is 0 Å². The zero-order valence-electron chi connectivity index (χ0n) is 16.7. The molecule has 4 heteroatoms. The van der Waals surface area contributed by atoms with Crippen molar-refractivity contribution in [3.05, 3.63) is 54.6 Å². The van der Waals surface area contributed by atoms with Gasteiger partial charge in [0.15, 0.2) is 0 Å². The van der Waals surface area contributed by atoms with Gasteiger partial charge in [0.25, 0.3) is 0 Å². The molecule has 0 saturated carbocycles. The van der Waals surface area contributed by atoms with Gasteiger partial charge in [-0.15, -0.1) is 0 Å². The average Bonchev–Trinajstić information content (AvgIpc) is 2.54. The molecule has 2 rings (SSSR count). The summed E-state index contributed by atoms with van der Waals surface area (Å²) in [6.45, 7) is 8.61. The quantitative estimate of drug-likeness (QED) is 0.461. The summed E-state index contributed by atoms with van der Waals surface area (Å²) in [6, 6.07) is 19.0. The third-order valence-corrected chi connectivity index (χ3v) is 14.6. The van der Waals surface area contributed by atoms with Crippen molar-refractivity contribution in [2.24, 2.45) is 0 Å². The van der Waals surface area contributed by atoms with Gasteiger partial charge < -0.3 is 0 Å². The molecular formula is C21H32NOPSn. The minimum atomic E-state index is -2.89. The third-order valence-electron chi connectivity index (χ3n) is 4.53. The van der Waals surface area contributed by atoms with E-state index in [1.165, 1.54) is 3.58 Å². The van der Waals surface area contributed by atoms with E-state index >= 15 is 0 Å². The Bertz CT molecular complexity index is 742. The number of nitrogens with zero attached hydrogens (tertiary/aromatic N) is 1. The molecule has 0 saturated heterocycles. The van der Waals surface area contributed by atoms with Gasteiger partial charge in [-0.25, -0.2) is 0 Å². The van der Waals surface area contributed by atoms with Gasteiger partial charge in [0.2, 0.25) is 0 Å². The van der Waals surface area contributed by atoms with Crippen molar-refractivity contribution in [1.29, 1.82) is 0 Å². The van der Waals surface area contributed by atoms with E-state index in [-0.39, 0.29) is 12.1 Å². The van der Waals surface area contributed by atoms with E-state index in [1.54, 1.807) is 0 Å². The van der Waals surface area contributed by atoms with Crippen LogP contribution in [0.5, 0.6) is 0 Å². The van der Waals surface area contributed by atoms with Gasteiger partial charge in [-0.2, -0.15) is 0 Å². The normalized spacial score (nSPS) is 15.0. The van der Waals surface area contributed by atoms with Gasteiger partial charge >= 0.3 is 158 Å². The second kappa shape index (κ2) is 7.98. The van der Waals surface area contributed by atoms with Crippen molar-refractivity contribution >= 4 is 39.9 Å². The Labute approximate surface area is 157 Å². The van der Waals surface area contributed by atoms with E-state index in [9.17, 15) is 4.57 Å². The molecule has 2 aromatic rings. The number of hydrogen-bond acceptors (Lipinski definition) is 1. The van der Waals surface area contributed by atoms with Crippen LogP contribution in [0.1, 0.15) is 27.7 Å². The van der Waals surface area contributed by atoms with Crippen LogP contribution in [0.4, 0.5) is 0 Å². The predicted molar refractivity (Wildman–Crippen MR) is 115 cm³/mol. The summed E-state index contributed by atoms with van der Waals surface area (Å²) in [6.07, 6.45) is 0. The number of hydrogen-bond donors (Lipinski definition) is 0. The molecule has 2 aromatic carbocycles. The Balaban J connectivity index is 2.86. The maximum absolute atomic E-state index is 14.8. The zero-order valence-corrected chi connectivity index (χ0v) is 20.4. The Kier molecular flexibility index (Phi) is 6.62. The van der Waals surface area contributed by atoms with Crippen LogP contribution in [0, 0.1) is 0 Å². The van der Waals surface area contributed by atoms with Crippen molar-refractivity contribution in [3.8, 4) is 0 Å². The average molecular weight is 464 g/mol. The third kappa shape index (κ3) is 4.23. The molecule has 0 radical (unpaired) electrons. The molecule has 0 bridgehead atoms. The second-order valence-electron chi connectivity index (χ2n) is 8.25. The molecule has 0 N–H and O–H groups in total. The number of rotatable bonds is 6. The fourth-order valence-corrected chi connectivity index (χ4v) is 14.7. The first kappa shape index (κ1) is 20.7. The standard InChI is InChI=1S/C18H23NOP.3CH3.Sn/c1-15(2)19(16(3)4)21(20,17-11-7-5-8-12-17)18-13-9-6-10-14-18;;;;/h5-13,15-16H,1-4H3;3*1H3;/t21-;;;;/m0..../s1. The summed E-state index contributed by atoms with van der Waals surface area (Å²) in [5, 5.41) is 2.01. The first-order chi connectivity index (χ1) is 11.6. The summed E-state index contributed by atoms with van der Waals surface area (Å²) in [5.74, 6) is 0. The van der Waals surface area contributed by atoms with Crippen molar-refractivity contribution in [1.82, 2.24) is 4.67 Å². The Morgan fingerprint density at radius 2 is 1.28 bits per heavy atom. The first-order valence-corrected chi connectivity index (χ1v) is 20.8. The molecule has 0 aliphatic rings. The summed E-state index contributed by atoms with van der Waals surface area (Å²) >= 11 is -2.44. The van der Waals surface area contributed by atoms with Gasteiger partial charge in [-0.05, 0) is 0 Å². The summed E-state index contributed by atoms with van der Waals surface area (Å²) in [5.41, 5.74) is 0. The maximum atomic E-state index is 14.8. The molecule has 0 heterocycles. The summed E-state index contributed by atoms with van der Waals surface area (Å²) in [7, 11) is -2.89. The molecule has 0 unspecified atom stereocenters. The van der Waals surface area contributed by atoms with Gasteiger partial charge in [0.05, 0.1) is 0 Å². The SMILES string of the molecule is CC(C)N(C(C)C)[P@](=O)(c1ccccc1)c1cccc[c]1[Sn]([CH3])([CH3])[CH3]. The van der Waals surface area contributed by atoms with E-state index in [0.717, 1.165) is 10.6 Å². The predicted octanol–water partition coefficient (Wildman–Crippen LogP) is 4.58. The molecule has 0 amide bonds. The minimum absolute atomic E-state index is 0.203. The Hall–Kier alpha value is -0.571. The van der Waals surface area contributed by atoms with Crippen LogP contribution in [0.3, 0.4) is 0 Å². The summed E-state index contributed by atoms with van der Waals surface area (Å²) < 4.78 is 18.4. The van der Waals surface area contributed by atoms with Crippen molar-refractivity contribution in [2.45, 2.75) is 54.6 Å². The molecule has 0 spiro atoms. The number of benzene rings is 2. The van der Waals surface area contributed by atoms with Crippen LogP contribution in [0.15, 0.2) is 54.6 Å². The van der Waals surface area contributed by atoms with Crippen LogP contribution in [-0.4, -0.2) is 35.1 Å². The molecule has 136 valence electrons. The zero-order chi connectivity index (χ0) is 18.8. The molecule has 25 heavy (non-hydrogen) atoms. The van der Waals surface area contributed by atoms with Crippen LogP contribution in [-0.2, 0) is 4.57 Å². The molecule has 0 aromatic heterocycles. The van der Waals surface area contributed by atoms with E-state index in [0.29, 0.717) is 0 Å². The van der Waals surface area contributed by atoms with Crippen LogP contribution in [0.2, 0.25) is 14.8 Å². The molecule has 0 aliphatic heterocycles. The Morgan fingerprint density at radius 3 is 1.76 bits per heavy atom. The van der Waals surface area contributed by atoms with E-state index in [1.807, 2.05) is 36.4 Å². The monoisotopic (exact) mass is 465 g/mol. The summed E-state index contributed by atoms with van der Waals surface area (Å²) in [4.78, 5) is 7.20. The second-order valence-corrected chi connectivity index (χ2v) is 25.2. The first-order valence-electron chi connectivity index (χ1n) is 9.14. The molecule has 1 atom stereocenters. The van der Waals surface area contributed by atoms with Crippen molar-refractivity contribution in [2.75, 3.05) is 0 Å². The van der Waals surface area contributed by atoms with Crippen molar-refractivity contribution < 1.29 is 4.57 Å². The topological polar surface area (TPSA) is 20.3 Å². The fraction of sp³-hybridized carbons (Fsp3) is 0.429. The Morgan fingerprint density at radius 1 is 0.800 bits per heavy atom. The van der Waals surface area contributed by atoms with Gasteiger partial charge in [-0.3, -0.25) is 0 Å². The molecule has 0 aliphatic carbocycles. The van der Waals surface area contributed by atoms with Crippen LogP contribution < -0.4 is 14.2 Å². The van der Waals surface area contributed by atoms with Gasteiger partial charge in [0, 0.05) is 0 Å². The van der Waals surface area contributed by atoms with Crippen LogP contribution in [0.25, 0.3) is 0 Å². The van der Waals surface area contributed by atoms with Crippen LogP contribution >= 0.6 is 7.29 Å². The fourth-order valence-electron chi connectivity index (χ4n) is 3.65.